The second kappa shape index (κ2) is 5.88. The van der Waals surface area contributed by atoms with Gasteiger partial charge in [-0.15, -0.1) is 0 Å². The lowest BCUT2D eigenvalue weighted by Gasteiger charge is -2.44. The van der Waals surface area contributed by atoms with Crippen LogP contribution < -0.4 is 4.74 Å². The molecule has 3 fully saturated rings. The lowest BCUT2D eigenvalue weighted by Crippen LogP contribution is -2.50. The van der Waals surface area contributed by atoms with Gasteiger partial charge in [0.1, 0.15) is 17.4 Å². The summed E-state index contributed by atoms with van der Waals surface area (Å²) >= 11 is 0. The molecule has 0 amide bonds. The molecule has 0 aromatic heterocycles. The van der Waals surface area contributed by atoms with Crippen molar-refractivity contribution < 1.29 is 14.3 Å². The highest BCUT2D eigenvalue weighted by Gasteiger charge is 2.39. The van der Waals surface area contributed by atoms with Crippen LogP contribution in [-0.2, 0) is 9.53 Å². The molecule has 2 bridgehead atoms. The van der Waals surface area contributed by atoms with E-state index in [1.807, 2.05) is 48.5 Å². The number of benzene rings is 2. The van der Waals surface area contributed by atoms with E-state index in [1.54, 1.807) is 0 Å². The summed E-state index contributed by atoms with van der Waals surface area (Å²) in [6, 6.07) is 15.5. The van der Waals surface area contributed by atoms with Gasteiger partial charge in [0.05, 0.1) is 0 Å². The summed E-state index contributed by atoms with van der Waals surface area (Å²) in [6.07, 6.45) is 3.37. The first-order chi connectivity index (χ1) is 12.3. The number of fused-ring (bicyclic) bond motifs is 5. The molecule has 4 aliphatic heterocycles. The Hall–Kier alpha value is -2.33. The van der Waals surface area contributed by atoms with E-state index in [4.69, 9.17) is 9.47 Å². The molecule has 0 aliphatic carbocycles. The van der Waals surface area contributed by atoms with Crippen LogP contribution in [0.1, 0.15) is 36.3 Å². The average molecular weight is 335 g/mol. The molecule has 4 heterocycles. The number of hydrogen-bond donors (Lipinski definition) is 0. The zero-order valence-corrected chi connectivity index (χ0v) is 14.1. The second-order valence-electron chi connectivity index (χ2n) is 7.22. The van der Waals surface area contributed by atoms with Gasteiger partial charge in [-0.25, -0.2) is 0 Å². The molecule has 2 aromatic rings. The number of hydrogen-bond acceptors (Lipinski definition) is 4. The maximum Gasteiger partial charge on any atom is 0.319 e. The average Bonchev–Trinajstić information content (AvgIpc) is 2.67. The maximum absolute atomic E-state index is 13.2. The van der Waals surface area contributed by atoms with Gasteiger partial charge < -0.3 is 9.47 Å². The predicted molar refractivity (Wildman–Crippen MR) is 93.6 cm³/mol. The zero-order chi connectivity index (χ0) is 16.8. The highest BCUT2D eigenvalue weighted by Crippen LogP contribution is 2.45. The Morgan fingerprint density at radius 2 is 1.56 bits per heavy atom. The minimum absolute atomic E-state index is 0.0674. The second-order valence-corrected chi connectivity index (χ2v) is 7.22. The van der Waals surface area contributed by atoms with Crippen molar-refractivity contribution in [2.75, 3.05) is 13.1 Å². The summed E-state index contributed by atoms with van der Waals surface area (Å²) in [7, 11) is 0. The van der Waals surface area contributed by atoms with Crippen molar-refractivity contribution in [3.8, 4) is 11.5 Å². The summed E-state index contributed by atoms with van der Waals surface area (Å²) < 4.78 is 12.0. The number of rotatable bonds is 2. The van der Waals surface area contributed by atoms with Gasteiger partial charge >= 0.3 is 5.97 Å². The van der Waals surface area contributed by atoms with Crippen molar-refractivity contribution >= 4 is 5.97 Å². The van der Waals surface area contributed by atoms with Crippen LogP contribution in [-0.4, -0.2) is 30.2 Å². The molecule has 4 aliphatic rings. The van der Waals surface area contributed by atoms with E-state index >= 15 is 0 Å². The minimum Gasteiger partial charge on any atom is -0.457 e. The highest BCUT2D eigenvalue weighted by atomic mass is 16.6. The van der Waals surface area contributed by atoms with Crippen LogP contribution in [0.5, 0.6) is 11.5 Å². The standard InChI is InChI=1S/C21H21NO3/c23-21(25-19-13-14-9-11-22(19)12-10-14)20-15-5-1-3-7-17(15)24-18-8-4-2-6-16(18)20/h1-8,14,19-20H,9-13H2. The fourth-order valence-electron chi connectivity index (χ4n) is 4.40. The van der Waals surface area contributed by atoms with Crippen LogP contribution in [0.3, 0.4) is 0 Å². The molecule has 3 saturated heterocycles. The van der Waals surface area contributed by atoms with E-state index in [0.717, 1.165) is 42.1 Å². The van der Waals surface area contributed by atoms with Gasteiger partial charge in [-0.3, -0.25) is 9.69 Å². The van der Waals surface area contributed by atoms with Crippen molar-refractivity contribution in [2.45, 2.75) is 31.4 Å². The van der Waals surface area contributed by atoms with Gasteiger partial charge in [-0.05, 0) is 30.9 Å². The summed E-state index contributed by atoms with van der Waals surface area (Å²) in [4.78, 5) is 15.5. The Kier molecular flexibility index (Phi) is 3.52. The van der Waals surface area contributed by atoms with Crippen LogP contribution >= 0.6 is 0 Å². The van der Waals surface area contributed by atoms with Crippen molar-refractivity contribution in [3.63, 3.8) is 0 Å². The van der Waals surface area contributed by atoms with Crippen LogP contribution in [0.15, 0.2) is 48.5 Å². The normalized spacial score (nSPS) is 27.1. The molecule has 25 heavy (non-hydrogen) atoms. The van der Waals surface area contributed by atoms with Crippen molar-refractivity contribution in [3.05, 3.63) is 59.7 Å². The number of piperidine rings is 3. The third-order valence-corrected chi connectivity index (χ3v) is 5.76. The smallest absolute Gasteiger partial charge is 0.319 e. The van der Waals surface area contributed by atoms with Crippen LogP contribution in [0.2, 0.25) is 0 Å². The van der Waals surface area contributed by atoms with Gasteiger partial charge in [-0.2, -0.15) is 0 Å². The number of para-hydroxylation sites is 2. The molecule has 0 N–H and O–H groups in total. The third kappa shape index (κ3) is 2.52. The lowest BCUT2D eigenvalue weighted by molar-refractivity contribution is -0.171. The largest absolute Gasteiger partial charge is 0.457 e. The van der Waals surface area contributed by atoms with Crippen molar-refractivity contribution in [2.24, 2.45) is 5.92 Å². The quantitative estimate of drug-likeness (QED) is 0.780. The summed E-state index contributed by atoms with van der Waals surface area (Å²) in [5.41, 5.74) is 1.78. The molecule has 2 aromatic carbocycles. The van der Waals surface area contributed by atoms with E-state index in [-0.39, 0.29) is 12.2 Å². The Balaban J connectivity index is 1.47. The molecule has 6 rings (SSSR count). The molecule has 4 nitrogen and oxygen atoms in total. The van der Waals surface area contributed by atoms with Crippen LogP contribution in [0, 0.1) is 5.92 Å². The minimum atomic E-state index is -0.414. The molecular weight excluding hydrogens is 314 g/mol. The highest BCUT2D eigenvalue weighted by molar-refractivity contribution is 5.85. The first kappa shape index (κ1) is 15.0. The van der Waals surface area contributed by atoms with Crippen LogP contribution in [0.25, 0.3) is 0 Å². The van der Waals surface area contributed by atoms with Gasteiger partial charge in [0.25, 0.3) is 0 Å². The summed E-state index contributed by atoms with van der Waals surface area (Å²) in [6.45, 7) is 2.09. The van der Waals surface area contributed by atoms with Gasteiger partial charge in [0.2, 0.25) is 0 Å². The predicted octanol–water partition coefficient (Wildman–Crippen LogP) is 3.91. The SMILES string of the molecule is O=C(OC1CC2CCN1CC2)C1c2ccccc2Oc2ccccc21. The number of carbonyl (C=O) groups is 1. The molecule has 128 valence electrons. The Labute approximate surface area is 147 Å². The molecule has 1 atom stereocenters. The first-order valence-corrected chi connectivity index (χ1v) is 9.10. The third-order valence-electron chi connectivity index (χ3n) is 5.76. The topological polar surface area (TPSA) is 38.8 Å². The molecular formula is C21H21NO3. The Bertz CT molecular complexity index is 765. The number of nitrogens with zero attached hydrogens (tertiary/aromatic N) is 1. The van der Waals surface area contributed by atoms with Gasteiger partial charge in [-0.1, -0.05) is 36.4 Å². The first-order valence-electron chi connectivity index (χ1n) is 9.10. The Morgan fingerprint density at radius 1 is 0.960 bits per heavy atom. The summed E-state index contributed by atoms with van der Waals surface area (Å²) in [5.74, 6) is 1.61. The van der Waals surface area contributed by atoms with E-state index in [2.05, 4.69) is 4.90 Å². The van der Waals surface area contributed by atoms with Gasteiger partial charge in [0, 0.05) is 30.6 Å². The van der Waals surface area contributed by atoms with Crippen molar-refractivity contribution in [1.29, 1.82) is 0 Å². The van der Waals surface area contributed by atoms with E-state index in [0.29, 0.717) is 5.92 Å². The molecule has 0 radical (unpaired) electrons. The molecule has 4 heteroatoms. The molecule has 1 unspecified atom stereocenters. The number of ether oxygens (including phenoxy) is 2. The lowest BCUT2D eigenvalue weighted by atomic mass is 9.86. The number of carbonyl (C=O) groups excluding carboxylic acids is 1. The summed E-state index contributed by atoms with van der Waals surface area (Å²) in [5, 5.41) is 0. The van der Waals surface area contributed by atoms with Crippen molar-refractivity contribution in [1.82, 2.24) is 4.90 Å². The Morgan fingerprint density at radius 3 is 2.12 bits per heavy atom. The molecule has 0 saturated carbocycles. The maximum atomic E-state index is 13.2. The fraction of sp³-hybridized carbons (Fsp3) is 0.381. The monoisotopic (exact) mass is 335 g/mol. The van der Waals surface area contributed by atoms with E-state index in [1.165, 1.54) is 12.8 Å². The van der Waals surface area contributed by atoms with E-state index in [9.17, 15) is 4.79 Å². The number of esters is 1. The zero-order valence-electron chi connectivity index (χ0n) is 14.1. The fourth-order valence-corrected chi connectivity index (χ4v) is 4.40. The van der Waals surface area contributed by atoms with Crippen LogP contribution in [0.4, 0.5) is 0 Å². The molecule has 0 spiro atoms. The van der Waals surface area contributed by atoms with E-state index < -0.39 is 5.92 Å². The van der Waals surface area contributed by atoms with Gasteiger partial charge in [0.15, 0.2) is 6.23 Å².